The van der Waals surface area contributed by atoms with Gasteiger partial charge in [-0.05, 0) is 55.3 Å². The average molecular weight is 373 g/mol. The van der Waals surface area contributed by atoms with E-state index in [4.69, 9.17) is 4.42 Å². The highest BCUT2D eigenvalue weighted by molar-refractivity contribution is 7.99. The van der Waals surface area contributed by atoms with Crippen molar-refractivity contribution in [3.05, 3.63) is 29.8 Å². The Balaban J connectivity index is 1.35. The third-order valence-corrected chi connectivity index (χ3v) is 5.48. The highest BCUT2D eigenvalue weighted by Crippen LogP contribution is 2.29. The molecule has 1 aromatic carbocycles. The summed E-state index contributed by atoms with van der Waals surface area (Å²) < 4.78 is 5.32. The van der Waals surface area contributed by atoms with Crippen molar-refractivity contribution in [2.75, 3.05) is 5.32 Å². The highest BCUT2D eigenvalue weighted by atomic mass is 32.2. The molecule has 1 aromatic heterocycles. The molecular formula is C17H19N5O3S. The van der Waals surface area contributed by atoms with Gasteiger partial charge in [0, 0.05) is 35.5 Å². The lowest BCUT2D eigenvalue weighted by Gasteiger charge is -2.21. The first-order valence-electron chi connectivity index (χ1n) is 8.53. The molecule has 0 spiro atoms. The highest BCUT2D eigenvalue weighted by Gasteiger charge is 2.39. The summed E-state index contributed by atoms with van der Waals surface area (Å²) in [4.78, 5) is 24.2. The number of nitrogens with one attached hydrogen (secondary N) is 3. The van der Waals surface area contributed by atoms with E-state index in [1.54, 1.807) is 12.1 Å². The second-order valence-electron chi connectivity index (χ2n) is 6.54. The van der Waals surface area contributed by atoms with Crippen molar-refractivity contribution in [2.45, 2.75) is 54.4 Å². The Morgan fingerprint density at radius 3 is 2.69 bits per heavy atom. The Bertz CT molecular complexity index is 822. The van der Waals surface area contributed by atoms with Crippen LogP contribution in [-0.4, -0.2) is 40.1 Å². The van der Waals surface area contributed by atoms with Crippen molar-refractivity contribution in [1.29, 1.82) is 0 Å². The van der Waals surface area contributed by atoms with Crippen LogP contribution in [0.2, 0.25) is 0 Å². The summed E-state index contributed by atoms with van der Waals surface area (Å²) in [5.74, 6) is -0.321. The third kappa shape index (κ3) is 3.73. The van der Waals surface area contributed by atoms with Gasteiger partial charge in [-0.1, -0.05) is 10.2 Å². The topological polar surface area (TPSA) is 109 Å². The monoisotopic (exact) mass is 373 g/mol. The molecule has 4 rings (SSSR count). The van der Waals surface area contributed by atoms with Crippen LogP contribution in [0.25, 0.3) is 0 Å². The molecule has 136 valence electrons. The van der Waals surface area contributed by atoms with E-state index in [-0.39, 0.29) is 23.9 Å². The normalized spacial score (nSPS) is 23.8. The number of nitrogens with zero attached hydrogens (tertiary/aromatic N) is 2. The zero-order valence-electron chi connectivity index (χ0n) is 14.2. The van der Waals surface area contributed by atoms with Gasteiger partial charge in [-0.2, -0.15) is 0 Å². The first-order valence-corrected chi connectivity index (χ1v) is 9.34. The predicted molar refractivity (Wildman–Crippen MR) is 95.0 cm³/mol. The first kappa shape index (κ1) is 17.0. The van der Waals surface area contributed by atoms with E-state index in [0.717, 1.165) is 17.7 Å². The van der Waals surface area contributed by atoms with Gasteiger partial charge in [-0.3, -0.25) is 14.9 Å². The number of amides is 2. The van der Waals surface area contributed by atoms with Crippen molar-refractivity contribution >= 4 is 29.6 Å². The van der Waals surface area contributed by atoms with Gasteiger partial charge >= 0.3 is 6.01 Å². The molecule has 3 N–H and O–H groups in total. The molecule has 2 saturated heterocycles. The van der Waals surface area contributed by atoms with Gasteiger partial charge in [-0.25, -0.2) is 0 Å². The Labute approximate surface area is 154 Å². The van der Waals surface area contributed by atoms with E-state index >= 15 is 0 Å². The number of hydrogen-bond acceptors (Lipinski definition) is 7. The van der Waals surface area contributed by atoms with E-state index in [1.165, 1.54) is 25.1 Å². The van der Waals surface area contributed by atoms with Crippen molar-refractivity contribution < 1.29 is 14.0 Å². The Morgan fingerprint density at radius 1 is 1.23 bits per heavy atom. The van der Waals surface area contributed by atoms with Crippen molar-refractivity contribution in [2.24, 2.45) is 0 Å². The fourth-order valence-corrected chi connectivity index (χ4v) is 4.14. The molecule has 8 nitrogen and oxygen atoms in total. The fraction of sp³-hybridized carbons (Fsp3) is 0.412. The molecule has 2 aliphatic heterocycles. The molecule has 0 radical (unpaired) electrons. The van der Waals surface area contributed by atoms with Crippen molar-refractivity contribution in [3.63, 3.8) is 0 Å². The summed E-state index contributed by atoms with van der Waals surface area (Å²) in [6.45, 7) is 1.37. The summed E-state index contributed by atoms with van der Waals surface area (Å²) >= 11 is 1.27. The largest absolute Gasteiger partial charge is 0.397 e. The predicted octanol–water partition coefficient (Wildman–Crippen LogP) is 1.80. The van der Waals surface area contributed by atoms with Gasteiger partial charge in [0.1, 0.15) is 0 Å². The van der Waals surface area contributed by atoms with Crippen LogP contribution in [0.15, 0.2) is 38.8 Å². The number of aromatic nitrogens is 2. The van der Waals surface area contributed by atoms with Crippen LogP contribution in [0.3, 0.4) is 0 Å². The Morgan fingerprint density at radius 2 is 2.04 bits per heavy atom. The minimum atomic E-state index is -0.272. The molecule has 9 heteroatoms. The number of anilines is 1. The smallest absolute Gasteiger partial charge is 0.322 e. The van der Waals surface area contributed by atoms with Gasteiger partial charge in [0.25, 0.3) is 11.1 Å². The van der Waals surface area contributed by atoms with Gasteiger partial charge in [0.15, 0.2) is 0 Å². The van der Waals surface area contributed by atoms with Crippen molar-refractivity contribution in [3.8, 4) is 0 Å². The quantitative estimate of drug-likeness (QED) is 0.733. The molecule has 2 fully saturated rings. The number of benzene rings is 1. The van der Waals surface area contributed by atoms with E-state index in [9.17, 15) is 9.59 Å². The molecular weight excluding hydrogens is 354 g/mol. The standard InChI is InChI=1S/C17H19N5O3S/c1-9(23)18-16-21-22-17(25-16)26-12-5-2-10(3-6-12)15(24)20-14-8-11-4-7-13(14)19-11/h2-3,5-6,11,13-14,19H,4,7-8H2,1H3,(H,20,24)(H,18,21,23). The molecule has 3 atom stereocenters. The lowest BCUT2D eigenvalue weighted by Crippen LogP contribution is -2.42. The average Bonchev–Trinajstić information content (AvgIpc) is 3.32. The Kier molecular flexibility index (Phi) is 4.64. The molecule has 26 heavy (non-hydrogen) atoms. The van der Waals surface area contributed by atoms with E-state index in [2.05, 4.69) is 26.1 Å². The van der Waals surface area contributed by atoms with Gasteiger partial charge in [0.2, 0.25) is 5.91 Å². The molecule has 3 unspecified atom stereocenters. The number of rotatable bonds is 5. The van der Waals surface area contributed by atoms with Crippen LogP contribution < -0.4 is 16.0 Å². The van der Waals surface area contributed by atoms with Gasteiger partial charge < -0.3 is 15.1 Å². The van der Waals surface area contributed by atoms with Crippen LogP contribution in [0.4, 0.5) is 6.01 Å². The second-order valence-corrected chi connectivity index (χ2v) is 7.57. The molecule has 3 heterocycles. The van der Waals surface area contributed by atoms with Gasteiger partial charge in [-0.15, -0.1) is 0 Å². The minimum absolute atomic E-state index is 0.0494. The second kappa shape index (κ2) is 7.08. The molecule has 2 aliphatic rings. The maximum absolute atomic E-state index is 12.4. The Hall–Kier alpha value is -2.39. The SMILES string of the molecule is CC(=O)Nc1nnc(Sc2ccc(C(=O)NC3CC4CCC3N4)cc2)o1. The molecule has 2 aromatic rings. The molecule has 2 amide bonds. The van der Waals surface area contributed by atoms with E-state index < -0.39 is 0 Å². The third-order valence-electron chi connectivity index (χ3n) is 4.63. The maximum Gasteiger partial charge on any atom is 0.322 e. The lowest BCUT2D eigenvalue weighted by molar-refractivity contribution is -0.114. The van der Waals surface area contributed by atoms with Crippen LogP contribution in [0.5, 0.6) is 0 Å². The van der Waals surface area contributed by atoms with Crippen LogP contribution in [-0.2, 0) is 4.79 Å². The van der Waals surface area contributed by atoms with Crippen LogP contribution in [0, 0.1) is 0 Å². The summed E-state index contributed by atoms with van der Waals surface area (Å²) in [5, 5.41) is 17.0. The summed E-state index contributed by atoms with van der Waals surface area (Å²) in [6.07, 6.45) is 3.36. The minimum Gasteiger partial charge on any atom is -0.397 e. The van der Waals surface area contributed by atoms with E-state index in [1.807, 2.05) is 12.1 Å². The van der Waals surface area contributed by atoms with Crippen LogP contribution in [0.1, 0.15) is 36.5 Å². The number of hydrogen-bond donors (Lipinski definition) is 3. The van der Waals surface area contributed by atoms with E-state index in [0.29, 0.717) is 22.9 Å². The summed E-state index contributed by atoms with van der Waals surface area (Å²) in [7, 11) is 0. The summed E-state index contributed by atoms with van der Waals surface area (Å²) in [6, 6.07) is 8.49. The zero-order valence-corrected chi connectivity index (χ0v) is 15.0. The first-order chi connectivity index (χ1) is 12.6. The number of carbonyl (C=O) groups is 2. The summed E-state index contributed by atoms with van der Waals surface area (Å²) in [5.41, 5.74) is 0.626. The van der Waals surface area contributed by atoms with Crippen molar-refractivity contribution in [1.82, 2.24) is 20.8 Å². The number of carbonyl (C=O) groups excluding carboxylic acids is 2. The van der Waals surface area contributed by atoms with Crippen LogP contribution >= 0.6 is 11.8 Å². The molecule has 0 saturated carbocycles. The number of fused-ring (bicyclic) bond motifs is 2. The molecule has 0 aliphatic carbocycles. The zero-order chi connectivity index (χ0) is 18.1. The maximum atomic E-state index is 12.4. The van der Waals surface area contributed by atoms with Gasteiger partial charge in [0.05, 0.1) is 0 Å². The molecule has 2 bridgehead atoms. The fourth-order valence-electron chi connectivity index (χ4n) is 3.46. The lowest BCUT2D eigenvalue weighted by atomic mass is 9.95.